The summed E-state index contributed by atoms with van der Waals surface area (Å²) < 4.78 is 0. The van der Waals surface area contributed by atoms with E-state index in [1.165, 1.54) is 11.1 Å². The van der Waals surface area contributed by atoms with Crippen molar-refractivity contribution in [3.8, 4) is 11.5 Å². The highest BCUT2D eigenvalue weighted by Crippen LogP contribution is 2.30. The molecule has 1 fully saturated rings. The molecule has 1 aliphatic rings. The Morgan fingerprint density at radius 2 is 1.54 bits per heavy atom. The Balaban J connectivity index is 0.00000196. The fraction of sp³-hybridized carbons (Fsp3) is 0.429. The quantitative estimate of drug-likeness (QED) is 0.512. The number of aromatic hydroxyl groups is 2. The van der Waals surface area contributed by atoms with Gasteiger partial charge in [0.05, 0.1) is 6.61 Å². The lowest BCUT2D eigenvalue weighted by molar-refractivity contribution is 0.0831. The predicted molar refractivity (Wildman–Crippen MR) is 123 cm³/mol. The van der Waals surface area contributed by atoms with Crippen molar-refractivity contribution in [3.63, 3.8) is 0 Å². The summed E-state index contributed by atoms with van der Waals surface area (Å²) in [6.07, 6.45) is 0.775. The van der Waals surface area contributed by atoms with E-state index in [1.807, 2.05) is 6.07 Å². The molecule has 28 heavy (non-hydrogen) atoms. The number of nitrogens with zero attached hydrogens (tertiary/aromatic N) is 2. The number of β-amino-alcohol motifs (C(OH)–C–C–N with tert-alkyl or cyclic N) is 1. The number of hydrogen-bond donors (Lipinski definition) is 3. The largest absolute Gasteiger partial charge is 0.504 e. The molecule has 2 aromatic carbocycles. The van der Waals surface area contributed by atoms with Crippen LogP contribution < -0.4 is 0 Å². The molecule has 0 bridgehead atoms. The van der Waals surface area contributed by atoms with Gasteiger partial charge in [0, 0.05) is 38.8 Å². The molecule has 0 spiro atoms. The average molecular weight is 518 g/mol. The van der Waals surface area contributed by atoms with E-state index in [4.69, 9.17) is 5.11 Å². The highest BCUT2D eigenvalue weighted by atomic mass is 79.9. The van der Waals surface area contributed by atoms with Crippen LogP contribution in [-0.2, 0) is 6.42 Å². The van der Waals surface area contributed by atoms with Crippen LogP contribution in [0.4, 0.5) is 0 Å². The van der Waals surface area contributed by atoms with Crippen LogP contribution in [-0.4, -0.2) is 64.5 Å². The maximum Gasteiger partial charge on any atom is 0.157 e. The van der Waals surface area contributed by atoms with Gasteiger partial charge < -0.3 is 15.3 Å². The predicted octanol–water partition coefficient (Wildman–Crippen LogP) is 3.46. The Bertz CT molecular complexity index is 720. The van der Waals surface area contributed by atoms with E-state index in [1.54, 1.807) is 12.1 Å². The fourth-order valence-corrected chi connectivity index (χ4v) is 3.61. The zero-order valence-corrected chi connectivity index (χ0v) is 19.5. The van der Waals surface area contributed by atoms with Crippen molar-refractivity contribution in [2.45, 2.75) is 19.4 Å². The van der Waals surface area contributed by atoms with Crippen molar-refractivity contribution in [2.75, 3.05) is 39.3 Å². The topological polar surface area (TPSA) is 67.2 Å². The maximum absolute atomic E-state index is 9.83. The number of aliphatic hydroxyl groups is 1. The van der Waals surface area contributed by atoms with E-state index in [0.717, 1.165) is 44.7 Å². The molecule has 5 nitrogen and oxygen atoms in total. The first-order valence-corrected chi connectivity index (χ1v) is 9.21. The summed E-state index contributed by atoms with van der Waals surface area (Å²) in [4.78, 5) is 4.76. The lowest BCUT2D eigenvalue weighted by Crippen LogP contribution is -2.48. The Kier molecular flexibility index (Phi) is 10.5. The van der Waals surface area contributed by atoms with Crippen LogP contribution in [0.15, 0.2) is 42.5 Å². The molecule has 156 valence electrons. The molecule has 1 unspecified atom stereocenters. The smallest absolute Gasteiger partial charge is 0.157 e. The molecule has 0 amide bonds. The van der Waals surface area contributed by atoms with Crippen molar-refractivity contribution in [3.05, 3.63) is 59.2 Å². The minimum absolute atomic E-state index is 0. The zero-order valence-electron chi connectivity index (χ0n) is 16.1. The molecule has 0 radical (unpaired) electrons. The molecule has 0 saturated carbocycles. The van der Waals surface area contributed by atoms with E-state index >= 15 is 0 Å². The number of rotatable bonds is 6. The second-order valence-electron chi connectivity index (χ2n) is 7.05. The van der Waals surface area contributed by atoms with Crippen LogP contribution in [0.3, 0.4) is 0 Å². The molecular weight excluding hydrogens is 488 g/mol. The van der Waals surface area contributed by atoms with Crippen molar-refractivity contribution in [1.29, 1.82) is 0 Å². The zero-order chi connectivity index (χ0) is 18.5. The first-order valence-electron chi connectivity index (χ1n) is 9.21. The SMILES string of the molecule is Br.Br.Cc1ccc(C(Cc2ccc(O)c(O)c2)N2CCN(CCO)CC2)cc1. The van der Waals surface area contributed by atoms with Crippen LogP contribution in [0.25, 0.3) is 0 Å². The lowest BCUT2D eigenvalue weighted by atomic mass is 9.95. The maximum atomic E-state index is 9.83. The number of phenols is 2. The van der Waals surface area contributed by atoms with E-state index < -0.39 is 0 Å². The van der Waals surface area contributed by atoms with Gasteiger partial charge >= 0.3 is 0 Å². The number of benzene rings is 2. The second-order valence-corrected chi connectivity index (χ2v) is 7.05. The summed E-state index contributed by atoms with van der Waals surface area (Å²) in [6.45, 7) is 6.81. The number of hydrogen-bond acceptors (Lipinski definition) is 5. The number of piperazine rings is 1. The van der Waals surface area contributed by atoms with E-state index in [0.29, 0.717) is 0 Å². The standard InChI is InChI=1S/C21H28N2O3.2BrH/c1-16-2-5-18(6-3-16)19(14-17-4-7-20(25)21(26)15-17)23-10-8-22(9-11-23)12-13-24;;/h2-7,15,19,24-26H,8-14H2,1H3;2*1H. The number of aliphatic hydroxyl groups excluding tert-OH is 1. The first kappa shape index (κ1) is 24.9. The summed E-state index contributed by atoms with van der Waals surface area (Å²) in [5.74, 6) is -0.156. The molecule has 3 N–H and O–H groups in total. The van der Waals surface area contributed by atoms with Gasteiger partial charge in [-0.15, -0.1) is 34.0 Å². The second kappa shape index (κ2) is 11.8. The molecule has 1 atom stereocenters. The molecule has 1 heterocycles. The van der Waals surface area contributed by atoms with Crippen LogP contribution in [0, 0.1) is 6.92 Å². The number of aryl methyl sites for hydroxylation is 1. The van der Waals surface area contributed by atoms with Crippen molar-refractivity contribution in [1.82, 2.24) is 9.80 Å². The Hall–Kier alpha value is -1.12. The average Bonchev–Trinajstić information content (AvgIpc) is 2.65. The van der Waals surface area contributed by atoms with Gasteiger partial charge in [-0.1, -0.05) is 35.9 Å². The lowest BCUT2D eigenvalue weighted by Gasteiger charge is -2.39. The molecule has 1 saturated heterocycles. The van der Waals surface area contributed by atoms with Crippen molar-refractivity contribution < 1.29 is 15.3 Å². The van der Waals surface area contributed by atoms with Gasteiger partial charge in [0.2, 0.25) is 0 Å². The van der Waals surface area contributed by atoms with Gasteiger partial charge in [0.1, 0.15) is 0 Å². The van der Waals surface area contributed by atoms with Gasteiger partial charge in [0.25, 0.3) is 0 Å². The third kappa shape index (κ3) is 6.46. The molecule has 0 aromatic heterocycles. The van der Waals surface area contributed by atoms with E-state index in [9.17, 15) is 10.2 Å². The summed E-state index contributed by atoms with van der Waals surface area (Å²) in [6, 6.07) is 13.9. The molecular formula is C21H30Br2N2O3. The summed E-state index contributed by atoms with van der Waals surface area (Å²) in [5.41, 5.74) is 3.50. The van der Waals surface area contributed by atoms with Crippen LogP contribution in [0.2, 0.25) is 0 Å². The van der Waals surface area contributed by atoms with E-state index in [2.05, 4.69) is 41.0 Å². The van der Waals surface area contributed by atoms with Crippen molar-refractivity contribution in [2.24, 2.45) is 0 Å². The summed E-state index contributed by atoms with van der Waals surface area (Å²) in [7, 11) is 0. The van der Waals surface area contributed by atoms with Gasteiger partial charge in [0.15, 0.2) is 11.5 Å². The van der Waals surface area contributed by atoms with Crippen LogP contribution in [0.5, 0.6) is 11.5 Å². The minimum atomic E-state index is -0.0850. The van der Waals surface area contributed by atoms with Crippen LogP contribution in [0.1, 0.15) is 22.7 Å². The molecule has 0 aliphatic carbocycles. The summed E-state index contributed by atoms with van der Waals surface area (Å²) >= 11 is 0. The Morgan fingerprint density at radius 1 is 0.893 bits per heavy atom. The van der Waals surface area contributed by atoms with E-state index in [-0.39, 0.29) is 58.1 Å². The van der Waals surface area contributed by atoms with Gasteiger partial charge in [-0.2, -0.15) is 0 Å². The minimum Gasteiger partial charge on any atom is -0.504 e. The molecule has 2 aromatic rings. The van der Waals surface area contributed by atoms with Gasteiger partial charge in [-0.05, 0) is 36.6 Å². The Morgan fingerprint density at radius 3 is 2.11 bits per heavy atom. The third-order valence-electron chi connectivity index (χ3n) is 5.19. The number of phenolic OH excluding ortho intramolecular Hbond substituents is 2. The normalized spacial score (nSPS) is 16.1. The summed E-state index contributed by atoms with van der Waals surface area (Å²) in [5, 5.41) is 28.5. The highest BCUT2D eigenvalue weighted by Gasteiger charge is 2.25. The van der Waals surface area contributed by atoms with Crippen molar-refractivity contribution >= 4 is 34.0 Å². The van der Waals surface area contributed by atoms with Gasteiger partial charge in [-0.25, -0.2) is 0 Å². The molecule has 1 aliphatic heterocycles. The van der Waals surface area contributed by atoms with Crippen LogP contribution >= 0.6 is 34.0 Å². The molecule has 3 rings (SSSR count). The third-order valence-corrected chi connectivity index (χ3v) is 5.19. The Labute approximate surface area is 188 Å². The monoisotopic (exact) mass is 516 g/mol. The highest BCUT2D eigenvalue weighted by molar-refractivity contribution is 8.93. The fourth-order valence-electron chi connectivity index (χ4n) is 3.61. The molecule has 7 heteroatoms. The number of halogens is 2. The van der Waals surface area contributed by atoms with Gasteiger partial charge in [-0.3, -0.25) is 9.80 Å². The first-order chi connectivity index (χ1) is 12.6.